The van der Waals surface area contributed by atoms with E-state index in [-0.39, 0.29) is 5.91 Å². The number of nitrogens with one attached hydrogen (secondary N) is 1. The smallest absolute Gasteiger partial charge is 0.224 e. The first kappa shape index (κ1) is 30.7. The Kier molecular flexibility index (Phi) is 11.9. The molecule has 4 rings (SSSR count). The van der Waals surface area contributed by atoms with E-state index in [2.05, 4.69) is 40.7 Å². The van der Waals surface area contributed by atoms with E-state index < -0.39 is 0 Å². The lowest BCUT2D eigenvalue weighted by Crippen LogP contribution is -2.26. The Bertz CT molecular complexity index is 1450. The molecular formula is C35H43N3O4. The van der Waals surface area contributed by atoms with Gasteiger partial charge in [0.25, 0.3) is 0 Å². The van der Waals surface area contributed by atoms with Gasteiger partial charge in [-0.25, -0.2) is 4.98 Å². The molecule has 0 spiro atoms. The molecule has 0 saturated heterocycles. The molecule has 0 aliphatic carbocycles. The number of fused-ring (bicyclic) bond motifs is 1. The average molecular weight is 570 g/mol. The molecule has 4 aromatic rings. The van der Waals surface area contributed by atoms with Crippen LogP contribution in [0.15, 0.2) is 79.4 Å². The molecule has 0 bridgehead atoms. The molecule has 7 heteroatoms. The lowest BCUT2D eigenvalue weighted by Gasteiger charge is -2.12. The second-order valence-electron chi connectivity index (χ2n) is 10.4. The van der Waals surface area contributed by atoms with Crippen LogP contribution in [0.5, 0.6) is 17.2 Å². The number of ether oxygens (including phenoxy) is 3. The van der Waals surface area contributed by atoms with Crippen LogP contribution in [0.2, 0.25) is 0 Å². The zero-order valence-corrected chi connectivity index (χ0v) is 24.9. The Morgan fingerprint density at radius 1 is 0.905 bits per heavy atom. The number of benzene rings is 3. The normalized spacial score (nSPS) is 10.9. The molecule has 1 heterocycles. The molecule has 7 nitrogen and oxygen atoms in total. The fourth-order valence-corrected chi connectivity index (χ4v) is 5.14. The van der Waals surface area contributed by atoms with E-state index >= 15 is 0 Å². The number of aryl methyl sites for hydroxylation is 2. The van der Waals surface area contributed by atoms with Gasteiger partial charge in [-0.2, -0.15) is 0 Å². The van der Waals surface area contributed by atoms with E-state index in [1.807, 2.05) is 48.5 Å². The van der Waals surface area contributed by atoms with Crippen LogP contribution in [0, 0.1) is 0 Å². The van der Waals surface area contributed by atoms with Gasteiger partial charge in [0.1, 0.15) is 11.6 Å². The Hall–Kier alpha value is -4.26. The minimum atomic E-state index is 0.0113. The number of carbonyl (C=O) groups excluding carboxylic acids is 1. The molecule has 0 atom stereocenters. The number of amides is 1. The average Bonchev–Trinajstić information content (AvgIpc) is 3.36. The maximum absolute atomic E-state index is 12.4. The van der Waals surface area contributed by atoms with Crippen LogP contribution in [0.25, 0.3) is 11.0 Å². The van der Waals surface area contributed by atoms with E-state index in [1.165, 1.54) is 11.1 Å². The van der Waals surface area contributed by atoms with Crippen molar-refractivity contribution in [3.8, 4) is 17.2 Å². The standard InChI is InChI=1S/C35H43N3O4/c1-4-14-28-15-7-10-18-31(28)42-24-13-12-23-38-30-17-9-8-16-29(30)37-34(38)19-6-5-11-22-36-35(39)26-27-20-21-32(40-2)33(25-27)41-3/h4,7-10,15-18,20-21,25H,1,5-6,11-14,19,22-24,26H2,2-3H3,(H,36,39). The molecule has 42 heavy (non-hydrogen) atoms. The van der Waals surface area contributed by atoms with Crippen molar-refractivity contribution in [2.45, 2.75) is 57.9 Å². The van der Waals surface area contributed by atoms with Gasteiger partial charge < -0.3 is 24.1 Å². The fraction of sp³-hybridized carbons (Fsp3) is 0.371. The summed E-state index contributed by atoms with van der Waals surface area (Å²) in [5, 5.41) is 3.04. The number of nitrogens with zero attached hydrogens (tertiary/aromatic N) is 2. The summed E-state index contributed by atoms with van der Waals surface area (Å²) >= 11 is 0. The number of unbranched alkanes of at least 4 members (excludes halogenated alkanes) is 3. The highest BCUT2D eigenvalue weighted by atomic mass is 16.5. The van der Waals surface area contributed by atoms with E-state index in [0.29, 0.717) is 31.1 Å². The van der Waals surface area contributed by atoms with Crippen LogP contribution in [0.3, 0.4) is 0 Å². The molecule has 0 radical (unpaired) electrons. The van der Waals surface area contributed by atoms with Crippen molar-refractivity contribution < 1.29 is 19.0 Å². The van der Waals surface area contributed by atoms with Crippen LogP contribution in [-0.2, 0) is 30.6 Å². The highest BCUT2D eigenvalue weighted by Crippen LogP contribution is 2.27. The van der Waals surface area contributed by atoms with Crippen molar-refractivity contribution >= 4 is 16.9 Å². The molecule has 1 amide bonds. The number of para-hydroxylation sites is 3. The zero-order valence-electron chi connectivity index (χ0n) is 24.9. The van der Waals surface area contributed by atoms with Crippen LogP contribution in [0.4, 0.5) is 0 Å². The van der Waals surface area contributed by atoms with E-state index in [1.54, 1.807) is 14.2 Å². The number of carbonyl (C=O) groups is 1. The van der Waals surface area contributed by atoms with Gasteiger partial charge in [0.15, 0.2) is 11.5 Å². The van der Waals surface area contributed by atoms with Crippen LogP contribution >= 0.6 is 0 Å². The number of allylic oxidation sites excluding steroid dienone is 1. The van der Waals surface area contributed by atoms with Crippen molar-refractivity contribution in [1.82, 2.24) is 14.9 Å². The first-order valence-corrected chi connectivity index (χ1v) is 14.9. The third kappa shape index (κ3) is 8.62. The highest BCUT2D eigenvalue weighted by Gasteiger charge is 2.11. The molecule has 222 valence electrons. The molecule has 3 aromatic carbocycles. The van der Waals surface area contributed by atoms with Crippen LogP contribution in [-0.4, -0.2) is 42.8 Å². The lowest BCUT2D eigenvalue weighted by atomic mass is 10.1. The van der Waals surface area contributed by atoms with Crippen molar-refractivity contribution in [3.63, 3.8) is 0 Å². The molecule has 0 aliphatic rings. The topological polar surface area (TPSA) is 74.6 Å². The highest BCUT2D eigenvalue weighted by molar-refractivity contribution is 5.78. The van der Waals surface area contributed by atoms with Gasteiger partial charge in [0.2, 0.25) is 5.91 Å². The predicted molar refractivity (Wildman–Crippen MR) is 169 cm³/mol. The third-order valence-electron chi connectivity index (χ3n) is 7.32. The second-order valence-corrected chi connectivity index (χ2v) is 10.4. The van der Waals surface area contributed by atoms with Crippen molar-refractivity contribution in [1.29, 1.82) is 0 Å². The van der Waals surface area contributed by atoms with Gasteiger partial charge in [-0.1, -0.05) is 48.9 Å². The molecule has 0 aliphatic heterocycles. The molecule has 0 unspecified atom stereocenters. The number of aromatic nitrogens is 2. The Balaban J connectivity index is 1.20. The van der Waals surface area contributed by atoms with E-state index in [4.69, 9.17) is 19.2 Å². The lowest BCUT2D eigenvalue weighted by molar-refractivity contribution is -0.120. The van der Waals surface area contributed by atoms with Gasteiger partial charge in [-0.15, -0.1) is 6.58 Å². The summed E-state index contributed by atoms with van der Waals surface area (Å²) in [6, 6.07) is 22.1. The minimum Gasteiger partial charge on any atom is -0.493 e. The number of imidazole rings is 1. The van der Waals surface area contributed by atoms with E-state index in [0.717, 1.165) is 74.1 Å². The number of rotatable bonds is 18. The number of hydrogen-bond donors (Lipinski definition) is 1. The largest absolute Gasteiger partial charge is 0.493 e. The summed E-state index contributed by atoms with van der Waals surface area (Å²) in [5.74, 6) is 3.38. The predicted octanol–water partition coefficient (Wildman–Crippen LogP) is 6.71. The third-order valence-corrected chi connectivity index (χ3v) is 7.32. The Morgan fingerprint density at radius 3 is 2.55 bits per heavy atom. The maximum atomic E-state index is 12.4. The monoisotopic (exact) mass is 569 g/mol. The maximum Gasteiger partial charge on any atom is 0.224 e. The summed E-state index contributed by atoms with van der Waals surface area (Å²) < 4.78 is 19.1. The van der Waals surface area contributed by atoms with Gasteiger partial charge >= 0.3 is 0 Å². The Labute approximate surface area is 249 Å². The summed E-state index contributed by atoms with van der Waals surface area (Å²) in [6.45, 7) is 6.12. The first-order valence-electron chi connectivity index (χ1n) is 14.9. The summed E-state index contributed by atoms with van der Waals surface area (Å²) in [4.78, 5) is 17.4. The zero-order chi connectivity index (χ0) is 29.6. The molecular weight excluding hydrogens is 526 g/mol. The summed E-state index contributed by atoms with van der Waals surface area (Å²) in [5.41, 5.74) is 4.30. The van der Waals surface area contributed by atoms with Crippen LogP contribution in [0.1, 0.15) is 49.1 Å². The van der Waals surface area contributed by atoms with E-state index in [9.17, 15) is 4.79 Å². The summed E-state index contributed by atoms with van der Waals surface area (Å²) in [6.07, 6.45) is 8.92. The second kappa shape index (κ2) is 16.2. The van der Waals surface area contributed by atoms with Crippen molar-refractivity contribution in [2.24, 2.45) is 0 Å². The first-order chi connectivity index (χ1) is 20.6. The molecule has 1 N–H and O–H groups in total. The van der Waals surface area contributed by atoms with Gasteiger partial charge in [-0.3, -0.25) is 4.79 Å². The summed E-state index contributed by atoms with van der Waals surface area (Å²) in [7, 11) is 3.20. The molecule has 0 saturated carbocycles. The molecule has 1 aromatic heterocycles. The SMILES string of the molecule is C=CCc1ccccc1OCCCCn1c(CCCCCNC(=O)Cc2ccc(OC)c(OC)c2)nc2ccccc21. The van der Waals surface area contributed by atoms with Crippen molar-refractivity contribution in [2.75, 3.05) is 27.4 Å². The van der Waals surface area contributed by atoms with Gasteiger partial charge in [-0.05, 0) is 73.6 Å². The Morgan fingerprint density at radius 2 is 1.71 bits per heavy atom. The van der Waals surface area contributed by atoms with Crippen molar-refractivity contribution in [3.05, 3.63) is 96.3 Å². The minimum absolute atomic E-state index is 0.0113. The van der Waals surface area contributed by atoms with Crippen LogP contribution < -0.4 is 19.5 Å². The van der Waals surface area contributed by atoms with Gasteiger partial charge in [0.05, 0.1) is 38.3 Å². The number of methoxy groups -OCH3 is 2. The fourth-order valence-electron chi connectivity index (χ4n) is 5.14. The van der Waals surface area contributed by atoms with Gasteiger partial charge in [0, 0.05) is 19.5 Å². The number of hydrogen-bond acceptors (Lipinski definition) is 5. The quantitative estimate of drug-likeness (QED) is 0.106. The molecule has 0 fully saturated rings.